The van der Waals surface area contributed by atoms with Gasteiger partial charge in [0, 0.05) is 18.1 Å². The van der Waals surface area contributed by atoms with Crippen molar-refractivity contribution in [1.82, 2.24) is 10.2 Å². The van der Waals surface area contributed by atoms with Gasteiger partial charge in [-0.3, -0.25) is 0 Å². The van der Waals surface area contributed by atoms with Crippen molar-refractivity contribution in [3.63, 3.8) is 0 Å². The summed E-state index contributed by atoms with van der Waals surface area (Å²) in [6.07, 6.45) is 2.63. The largest absolute Gasteiger partial charge is 0.312 e. The van der Waals surface area contributed by atoms with Gasteiger partial charge in [0.25, 0.3) is 0 Å². The molecule has 13 heavy (non-hydrogen) atoms. The maximum absolute atomic E-state index is 3.61. The highest BCUT2D eigenvalue weighted by molar-refractivity contribution is 4.79. The normalized spacial score (nSPS) is 21.7. The van der Waals surface area contributed by atoms with Gasteiger partial charge in [-0.15, -0.1) is 0 Å². The van der Waals surface area contributed by atoms with E-state index in [1.54, 1.807) is 0 Å². The second-order valence-corrected chi connectivity index (χ2v) is 4.73. The summed E-state index contributed by atoms with van der Waals surface area (Å²) in [5.41, 5.74) is 0. The van der Waals surface area contributed by atoms with E-state index < -0.39 is 0 Å². The molecule has 0 aromatic rings. The Morgan fingerprint density at radius 1 is 1.08 bits per heavy atom. The fraction of sp³-hybridized carbons (Fsp3) is 1.00. The van der Waals surface area contributed by atoms with Gasteiger partial charge in [-0.2, -0.15) is 0 Å². The number of hydrogen-bond acceptors (Lipinski definition) is 2. The van der Waals surface area contributed by atoms with Crippen molar-refractivity contribution in [1.29, 1.82) is 0 Å². The molecule has 1 fully saturated rings. The predicted molar refractivity (Wildman–Crippen MR) is 58.0 cm³/mol. The number of rotatable bonds is 3. The first kappa shape index (κ1) is 11.0. The molecule has 0 aliphatic carbocycles. The SMILES string of the molecule is CC(C)NC1CCN(C(C)C)CC1. The van der Waals surface area contributed by atoms with Crippen molar-refractivity contribution in [3.8, 4) is 0 Å². The zero-order valence-electron chi connectivity index (χ0n) is 9.51. The van der Waals surface area contributed by atoms with Crippen molar-refractivity contribution in [2.75, 3.05) is 13.1 Å². The molecule has 1 saturated heterocycles. The first-order valence-corrected chi connectivity index (χ1v) is 5.59. The molecule has 1 heterocycles. The summed E-state index contributed by atoms with van der Waals surface area (Å²) in [6, 6.07) is 2.12. The van der Waals surface area contributed by atoms with Crippen molar-refractivity contribution in [2.45, 2.75) is 58.7 Å². The molecule has 0 spiro atoms. The van der Waals surface area contributed by atoms with Crippen LogP contribution < -0.4 is 5.32 Å². The lowest BCUT2D eigenvalue weighted by Gasteiger charge is -2.35. The summed E-state index contributed by atoms with van der Waals surface area (Å²) in [5, 5.41) is 3.61. The van der Waals surface area contributed by atoms with Crippen LogP contribution in [0.4, 0.5) is 0 Å². The van der Waals surface area contributed by atoms with Crippen LogP contribution in [0.1, 0.15) is 40.5 Å². The van der Waals surface area contributed by atoms with E-state index >= 15 is 0 Å². The maximum atomic E-state index is 3.61. The Labute approximate surface area is 82.7 Å². The number of nitrogens with one attached hydrogen (secondary N) is 1. The third-order valence-electron chi connectivity index (χ3n) is 2.83. The van der Waals surface area contributed by atoms with Gasteiger partial charge in [0.2, 0.25) is 0 Å². The Balaban J connectivity index is 2.22. The molecule has 0 radical (unpaired) electrons. The van der Waals surface area contributed by atoms with Gasteiger partial charge in [-0.25, -0.2) is 0 Å². The van der Waals surface area contributed by atoms with Crippen molar-refractivity contribution >= 4 is 0 Å². The van der Waals surface area contributed by atoms with Crippen LogP contribution in [0.15, 0.2) is 0 Å². The summed E-state index contributed by atoms with van der Waals surface area (Å²) in [6.45, 7) is 11.6. The Bertz CT molecular complexity index is 135. The van der Waals surface area contributed by atoms with E-state index in [9.17, 15) is 0 Å². The monoisotopic (exact) mass is 184 g/mol. The minimum Gasteiger partial charge on any atom is -0.312 e. The van der Waals surface area contributed by atoms with Crippen LogP contribution in [-0.2, 0) is 0 Å². The zero-order chi connectivity index (χ0) is 9.84. The first-order valence-electron chi connectivity index (χ1n) is 5.59. The van der Waals surface area contributed by atoms with Crippen molar-refractivity contribution < 1.29 is 0 Å². The lowest BCUT2D eigenvalue weighted by molar-refractivity contribution is 0.158. The maximum Gasteiger partial charge on any atom is 0.00937 e. The molecular formula is C11H24N2. The van der Waals surface area contributed by atoms with Gasteiger partial charge in [0.1, 0.15) is 0 Å². The average molecular weight is 184 g/mol. The summed E-state index contributed by atoms with van der Waals surface area (Å²) in [7, 11) is 0. The van der Waals surface area contributed by atoms with E-state index in [4.69, 9.17) is 0 Å². The third kappa shape index (κ3) is 3.65. The summed E-state index contributed by atoms with van der Waals surface area (Å²) in [5.74, 6) is 0. The molecule has 78 valence electrons. The van der Waals surface area contributed by atoms with E-state index in [-0.39, 0.29) is 0 Å². The summed E-state index contributed by atoms with van der Waals surface area (Å²) < 4.78 is 0. The Kier molecular flexibility index (Phi) is 4.20. The van der Waals surface area contributed by atoms with Crippen LogP contribution in [0.5, 0.6) is 0 Å². The van der Waals surface area contributed by atoms with Gasteiger partial charge in [-0.1, -0.05) is 13.8 Å². The highest BCUT2D eigenvalue weighted by Crippen LogP contribution is 2.13. The number of nitrogens with zero attached hydrogens (tertiary/aromatic N) is 1. The lowest BCUT2D eigenvalue weighted by Crippen LogP contribution is -2.46. The van der Waals surface area contributed by atoms with Crippen molar-refractivity contribution in [3.05, 3.63) is 0 Å². The van der Waals surface area contributed by atoms with Gasteiger partial charge >= 0.3 is 0 Å². The van der Waals surface area contributed by atoms with Crippen molar-refractivity contribution in [2.24, 2.45) is 0 Å². The highest BCUT2D eigenvalue weighted by atomic mass is 15.2. The molecule has 0 aromatic heterocycles. The number of likely N-dealkylation sites (tertiary alicyclic amines) is 1. The molecule has 0 amide bonds. The molecule has 1 aliphatic rings. The van der Waals surface area contributed by atoms with Crippen LogP contribution in [0.3, 0.4) is 0 Å². The second kappa shape index (κ2) is 4.97. The molecular weight excluding hydrogens is 160 g/mol. The molecule has 0 saturated carbocycles. The van der Waals surface area contributed by atoms with E-state index in [1.807, 2.05) is 0 Å². The van der Waals surface area contributed by atoms with E-state index in [0.717, 1.165) is 12.1 Å². The lowest BCUT2D eigenvalue weighted by atomic mass is 10.0. The molecule has 1 N–H and O–H groups in total. The highest BCUT2D eigenvalue weighted by Gasteiger charge is 2.20. The zero-order valence-corrected chi connectivity index (χ0v) is 9.51. The van der Waals surface area contributed by atoms with Crippen LogP contribution >= 0.6 is 0 Å². The first-order chi connectivity index (χ1) is 6.09. The van der Waals surface area contributed by atoms with Gasteiger partial charge < -0.3 is 10.2 Å². The molecule has 2 nitrogen and oxygen atoms in total. The second-order valence-electron chi connectivity index (χ2n) is 4.73. The number of piperidine rings is 1. The average Bonchev–Trinajstić information content (AvgIpc) is 2.04. The van der Waals surface area contributed by atoms with Crippen LogP contribution in [0.25, 0.3) is 0 Å². The molecule has 0 atom stereocenters. The number of hydrogen-bond donors (Lipinski definition) is 1. The Hall–Kier alpha value is -0.0800. The quantitative estimate of drug-likeness (QED) is 0.720. The Morgan fingerprint density at radius 2 is 1.62 bits per heavy atom. The fourth-order valence-corrected chi connectivity index (χ4v) is 2.05. The molecule has 0 bridgehead atoms. The van der Waals surface area contributed by atoms with E-state index in [0.29, 0.717) is 6.04 Å². The molecule has 2 heteroatoms. The molecule has 0 unspecified atom stereocenters. The van der Waals surface area contributed by atoms with Gasteiger partial charge in [0.05, 0.1) is 0 Å². The van der Waals surface area contributed by atoms with Crippen LogP contribution in [-0.4, -0.2) is 36.1 Å². The van der Waals surface area contributed by atoms with E-state index in [2.05, 4.69) is 37.9 Å². The summed E-state index contributed by atoms with van der Waals surface area (Å²) >= 11 is 0. The third-order valence-corrected chi connectivity index (χ3v) is 2.83. The molecule has 1 rings (SSSR count). The van der Waals surface area contributed by atoms with E-state index in [1.165, 1.54) is 25.9 Å². The van der Waals surface area contributed by atoms with Gasteiger partial charge in [0.15, 0.2) is 0 Å². The molecule has 1 aliphatic heterocycles. The molecule has 0 aromatic carbocycles. The van der Waals surface area contributed by atoms with Gasteiger partial charge in [-0.05, 0) is 39.8 Å². The van der Waals surface area contributed by atoms with Crippen LogP contribution in [0, 0.1) is 0 Å². The standard InChI is InChI=1S/C11H24N2/c1-9(2)12-11-5-7-13(8-6-11)10(3)4/h9-12H,5-8H2,1-4H3. The minimum absolute atomic E-state index is 0.635. The topological polar surface area (TPSA) is 15.3 Å². The summed E-state index contributed by atoms with van der Waals surface area (Å²) in [4.78, 5) is 2.57. The predicted octanol–water partition coefficient (Wildman–Crippen LogP) is 1.86. The Morgan fingerprint density at radius 3 is 2.00 bits per heavy atom. The fourth-order valence-electron chi connectivity index (χ4n) is 2.05. The van der Waals surface area contributed by atoms with Crippen LogP contribution in [0.2, 0.25) is 0 Å². The smallest absolute Gasteiger partial charge is 0.00937 e. The minimum atomic E-state index is 0.635.